The van der Waals surface area contributed by atoms with Crippen LogP contribution in [0.2, 0.25) is 0 Å². The molecule has 0 aliphatic carbocycles. The number of thiophene rings is 1. The fourth-order valence-electron chi connectivity index (χ4n) is 1.10. The second-order valence-electron chi connectivity index (χ2n) is 2.49. The topological polar surface area (TPSA) is 25.8 Å². The lowest BCUT2D eigenvalue weighted by Crippen LogP contribution is -1.79. The summed E-state index contributed by atoms with van der Waals surface area (Å²) in [7, 11) is 0. The Bertz CT molecular complexity index is 408. The molecule has 0 atom stereocenters. The first-order valence-corrected chi connectivity index (χ1v) is 6.64. The average molecular weight is 322 g/mol. The molecule has 0 saturated heterocycles. The Morgan fingerprint density at radius 1 is 1.46 bits per heavy atom. The first-order chi connectivity index (χ1) is 6.31. The Kier molecular flexibility index (Phi) is 2.95. The van der Waals surface area contributed by atoms with Gasteiger partial charge in [-0.1, -0.05) is 18.3 Å². The molecule has 68 valence electrons. The Labute approximate surface area is 98.2 Å². The van der Waals surface area contributed by atoms with Crippen molar-refractivity contribution in [1.82, 2.24) is 10.2 Å². The third-order valence-corrected chi connectivity index (χ3v) is 4.42. The summed E-state index contributed by atoms with van der Waals surface area (Å²) in [5.74, 6) is 0. The summed E-state index contributed by atoms with van der Waals surface area (Å²) in [4.78, 5) is 1.28. The van der Waals surface area contributed by atoms with Crippen LogP contribution in [0.5, 0.6) is 0 Å². The van der Waals surface area contributed by atoms with Crippen LogP contribution in [0.3, 0.4) is 0 Å². The van der Waals surface area contributed by atoms with Crippen molar-refractivity contribution in [2.75, 3.05) is 0 Å². The zero-order chi connectivity index (χ0) is 9.26. The second-order valence-corrected chi connectivity index (χ2v) is 6.14. The Morgan fingerprint density at radius 2 is 2.31 bits per heavy atom. The van der Waals surface area contributed by atoms with E-state index < -0.39 is 0 Å². The van der Waals surface area contributed by atoms with Crippen molar-refractivity contribution in [3.8, 4) is 9.88 Å². The van der Waals surface area contributed by atoms with Crippen molar-refractivity contribution in [3.05, 3.63) is 20.0 Å². The van der Waals surface area contributed by atoms with Gasteiger partial charge in [-0.25, -0.2) is 0 Å². The highest BCUT2D eigenvalue weighted by Crippen LogP contribution is 2.32. The maximum Gasteiger partial charge on any atom is 0.178 e. The highest BCUT2D eigenvalue weighted by molar-refractivity contribution is 14.1. The monoisotopic (exact) mass is 322 g/mol. The Balaban J connectivity index is 2.45. The minimum absolute atomic E-state index is 1.00. The number of nitrogens with zero attached hydrogens (tertiary/aromatic N) is 2. The lowest BCUT2D eigenvalue weighted by molar-refractivity contribution is 1.07. The number of aromatic nitrogens is 2. The van der Waals surface area contributed by atoms with Crippen molar-refractivity contribution >= 4 is 45.3 Å². The number of halogens is 1. The fraction of sp³-hybridized carbons (Fsp3) is 0.250. The molecule has 0 unspecified atom stereocenters. The predicted molar refractivity (Wildman–Crippen MR) is 65.3 cm³/mol. The van der Waals surface area contributed by atoms with E-state index in [9.17, 15) is 0 Å². The summed E-state index contributed by atoms with van der Waals surface area (Å²) in [6, 6.07) is 2.16. The smallest absolute Gasteiger partial charge is 0.141 e. The maximum absolute atomic E-state index is 4.14. The van der Waals surface area contributed by atoms with Crippen molar-refractivity contribution in [3.63, 3.8) is 0 Å². The minimum Gasteiger partial charge on any atom is -0.141 e. The summed E-state index contributed by atoms with van der Waals surface area (Å²) in [5, 5.41) is 11.3. The van der Waals surface area contributed by atoms with Gasteiger partial charge in [0.2, 0.25) is 0 Å². The van der Waals surface area contributed by atoms with Gasteiger partial charge in [-0.15, -0.1) is 21.5 Å². The van der Waals surface area contributed by atoms with E-state index in [2.05, 4.69) is 51.2 Å². The van der Waals surface area contributed by atoms with E-state index >= 15 is 0 Å². The van der Waals surface area contributed by atoms with Crippen molar-refractivity contribution < 1.29 is 0 Å². The number of hydrogen-bond donors (Lipinski definition) is 0. The number of aryl methyl sites for hydroxylation is 1. The highest BCUT2D eigenvalue weighted by atomic mass is 127. The zero-order valence-corrected chi connectivity index (χ0v) is 10.7. The Morgan fingerprint density at radius 3 is 2.92 bits per heavy atom. The molecule has 0 bridgehead atoms. The van der Waals surface area contributed by atoms with Crippen LogP contribution in [0, 0.1) is 3.01 Å². The molecular weight excluding hydrogens is 315 g/mol. The number of rotatable bonds is 2. The summed E-state index contributed by atoms with van der Waals surface area (Å²) in [6.07, 6.45) is 1.06. The van der Waals surface area contributed by atoms with Gasteiger partial charge < -0.3 is 0 Å². The van der Waals surface area contributed by atoms with Gasteiger partial charge in [0.25, 0.3) is 0 Å². The molecule has 2 aromatic heterocycles. The van der Waals surface area contributed by atoms with Crippen LogP contribution in [0.25, 0.3) is 9.88 Å². The van der Waals surface area contributed by atoms with Gasteiger partial charge in [-0.2, -0.15) is 0 Å². The second kappa shape index (κ2) is 4.02. The molecule has 5 heteroatoms. The summed E-state index contributed by atoms with van der Waals surface area (Å²) < 4.78 is 1.00. The highest BCUT2D eigenvalue weighted by Gasteiger charge is 2.09. The van der Waals surface area contributed by atoms with Crippen LogP contribution in [0.1, 0.15) is 12.5 Å². The molecular formula is C8H7IN2S2. The van der Waals surface area contributed by atoms with Gasteiger partial charge in [0.1, 0.15) is 0 Å². The summed E-state index contributed by atoms with van der Waals surface area (Å²) in [5.41, 5.74) is 1.37. The quantitative estimate of drug-likeness (QED) is 0.792. The van der Waals surface area contributed by atoms with Gasteiger partial charge >= 0.3 is 0 Å². The van der Waals surface area contributed by atoms with Crippen molar-refractivity contribution in [2.45, 2.75) is 13.3 Å². The molecule has 0 amide bonds. The molecule has 0 fully saturated rings. The van der Waals surface area contributed by atoms with E-state index in [1.165, 1.54) is 10.4 Å². The molecule has 2 heterocycles. The zero-order valence-electron chi connectivity index (χ0n) is 6.95. The third kappa shape index (κ3) is 1.92. The van der Waals surface area contributed by atoms with Crippen LogP contribution < -0.4 is 0 Å². The van der Waals surface area contributed by atoms with Crippen LogP contribution >= 0.6 is 45.3 Å². The van der Waals surface area contributed by atoms with E-state index in [0.717, 1.165) is 14.4 Å². The van der Waals surface area contributed by atoms with Gasteiger partial charge in [0.15, 0.2) is 8.02 Å². The maximum atomic E-state index is 4.14. The normalized spacial score (nSPS) is 10.6. The van der Waals surface area contributed by atoms with Crippen molar-refractivity contribution in [1.29, 1.82) is 0 Å². The first kappa shape index (κ1) is 9.54. The molecule has 0 radical (unpaired) electrons. The van der Waals surface area contributed by atoms with Gasteiger partial charge in [-0.3, -0.25) is 0 Å². The molecule has 13 heavy (non-hydrogen) atoms. The minimum atomic E-state index is 1.00. The lowest BCUT2D eigenvalue weighted by Gasteiger charge is -1.93. The van der Waals surface area contributed by atoms with E-state index in [4.69, 9.17) is 0 Å². The van der Waals surface area contributed by atoms with Crippen molar-refractivity contribution in [2.24, 2.45) is 0 Å². The molecule has 0 saturated carbocycles. The Hall–Kier alpha value is -0.0100. The standard InChI is InChI=1S/C8H7IN2S2/c1-2-5-3-4-12-6(5)7-10-11-8(9)13-7/h3-4H,2H2,1H3. The van der Waals surface area contributed by atoms with E-state index in [-0.39, 0.29) is 0 Å². The predicted octanol–water partition coefficient (Wildman–Crippen LogP) is 3.43. The summed E-state index contributed by atoms with van der Waals surface area (Å²) in [6.45, 7) is 2.16. The van der Waals surface area contributed by atoms with Gasteiger partial charge in [0.05, 0.1) is 4.88 Å². The molecule has 0 N–H and O–H groups in total. The molecule has 2 aromatic rings. The van der Waals surface area contributed by atoms with Crippen LogP contribution in [-0.2, 0) is 6.42 Å². The molecule has 0 aromatic carbocycles. The van der Waals surface area contributed by atoms with E-state index in [1.807, 2.05) is 0 Å². The van der Waals surface area contributed by atoms with Crippen LogP contribution in [0.4, 0.5) is 0 Å². The average Bonchev–Trinajstić information content (AvgIpc) is 2.71. The SMILES string of the molecule is CCc1ccsc1-c1nnc(I)s1. The van der Waals surface area contributed by atoms with E-state index in [1.54, 1.807) is 22.7 Å². The van der Waals surface area contributed by atoms with Gasteiger partial charge in [0, 0.05) is 0 Å². The largest absolute Gasteiger partial charge is 0.178 e. The molecule has 2 nitrogen and oxygen atoms in total. The summed E-state index contributed by atoms with van der Waals surface area (Å²) >= 11 is 5.59. The van der Waals surface area contributed by atoms with Crippen LogP contribution in [0.15, 0.2) is 11.4 Å². The lowest BCUT2D eigenvalue weighted by atomic mass is 10.2. The van der Waals surface area contributed by atoms with Crippen LogP contribution in [-0.4, -0.2) is 10.2 Å². The first-order valence-electron chi connectivity index (χ1n) is 3.87. The fourth-order valence-corrected chi connectivity index (χ4v) is 3.52. The molecule has 0 spiro atoms. The van der Waals surface area contributed by atoms with E-state index in [0.29, 0.717) is 0 Å². The molecule has 2 rings (SSSR count). The van der Waals surface area contributed by atoms with Gasteiger partial charge in [-0.05, 0) is 46.0 Å². The number of hydrogen-bond acceptors (Lipinski definition) is 4. The molecule has 0 aliphatic rings. The molecule has 0 aliphatic heterocycles. The third-order valence-electron chi connectivity index (χ3n) is 1.72.